The highest BCUT2D eigenvalue weighted by Gasteiger charge is 2.76. The maximum Gasteiger partial charge on any atom is 0.416 e. The molecule has 8 rings (SSSR count). The lowest BCUT2D eigenvalue weighted by atomic mass is 9.34. The third-order valence-corrected chi connectivity index (χ3v) is 9.58. The molecule has 4 N–H and O–H groups in total. The number of carboxylic acid groups (broad SMARTS) is 1. The van der Waals surface area contributed by atoms with Crippen molar-refractivity contribution in [2.75, 3.05) is 31.3 Å². The number of methoxy groups -OCH3 is 1. The van der Waals surface area contributed by atoms with Gasteiger partial charge in [0.05, 0.1) is 42.7 Å². The van der Waals surface area contributed by atoms with Gasteiger partial charge in [-0.1, -0.05) is 0 Å². The molecule has 0 unspecified atom stereocenters. The molecule has 16 heteroatoms. The zero-order valence-electron chi connectivity index (χ0n) is 25.7. The molecule has 2 bridgehead atoms. The van der Waals surface area contributed by atoms with Gasteiger partial charge in [-0.15, -0.1) is 0 Å². The average molecular weight is 666 g/mol. The lowest BCUT2D eigenvalue weighted by molar-refractivity contribution is -0.230. The number of hydrogen-bond acceptors (Lipinski definition) is 9. The topological polar surface area (TPSA) is 174 Å². The Kier molecular flexibility index (Phi) is 7.12. The van der Waals surface area contributed by atoms with Gasteiger partial charge >= 0.3 is 12.1 Å². The number of carbonyl (C=O) groups excluding carboxylic acids is 2. The SMILES string of the molecule is COc1cc(C(=O)Nc2cc(C(F)(F)F)ccn2)ccc1-c1nc([C@H]2CN(C(=O)C34CC(C(=O)O)(C3)C4)[C@@H](C)CO2)n2ccnc(N)c12. The smallest absolute Gasteiger partial charge is 0.416 e. The summed E-state index contributed by atoms with van der Waals surface area (Å²) in [6.07, 6.45) is -0.122. The van der Waals surface area contributed by atoms with E-state index in [1.54, 1.807) is 21.6 Å². The number of benzene rings is 1. The average Bonchev–Trinajstić information content (AvgIpc) is 3.40. The van der Waals surface area contributed by atoms with Gasteiger partial charge in [-0.25, -0.2) is 15.0 Å². The maximum atomic E-state index is 13.7. The molecule has 2 atom stereocenters. The highest BCUT2D eigenvalue weighted by Crippen LogP contribution is 2.74. The molecule has 3 aliphatic carbocycles. The quantitative estimate of drug-likeness (QED) is 0.260. The van der Waals surface area contributed by atoms with E-state index >= 15 is 0 Å². The van der Waals surface area contributed by atoms with Crippen LogP contribution in [0.2, 0.25) is 0 Å². The van der Waals surface area contributed by atoms with E-state index in [1.165, 1.54) is 25.4 Å². The van der Waals surface area contributed by atoms with E-state index in [9.17, 15) is 32.7 Å². The highest BCUT2D eigenvalue weighted by molar-refractivity contribution is 6.05. The fourth-order valence-electron chi connectivity index (χ4n) is 7.14. The number of rotatable bonds is 7. The summed E-state index contributed by atoms with van der Waals surface area (Å²) in [4.78, 5) is 53.0. The lowest BCUT2D eigenvalue weighted by Crippen LogP contribution is -2.72. The number of amides is 2. The normalized spacial score (nSPS) is 24.8. The molecule has 4 heterocycles. The van der Waals surface area contributed by atoms with Crippen LogP contribution in [-0.2, 0) is 20.5 Å². The van der Waals surface area contributed by atoms with Crippen LogP contribution in [0.3, 0.4) is 0 Å². The number of nitrogen functional groups attached to an aromatic ring is 1. The number of halogens is 3. The van der Waals surface area contributed by atoms with Gasteiger partial charge in [-0.2, -0.15) is 13.2 Å². The predicted octanol–water partition coefficient (Wildman–Crippen LogP) is 4.20. The summed E-state index contributed by atoms with van der Waals surface area (Å²) in [5, 5.41) is 11.9. The van der Waals surface area contributed by atoms with Crippen LogP contribution >= 0.6 is 0 Å². The van der Waals surface area contributed by atoms with Crippen LogP contribution in [0.5, 0.6) is 5.75 Å². The van der Waals surface area contributed by atoms with Gasteiger partial charge in [0.15, 0.2) is 0 Å². The monoisotopic (exact) mass is 665 g/mol. The number of nitrogens with zero attached hydrogens (tertiary/aromatic N) is 5. The maximum absolute atomic E-state index is 13.7. The Hall–Kier alpha value is -5.25. The minimum Gasteiger partial charge on any atom is -0.496 e. The highest BCUT2D eigenvalue weighted by atomic mass is 19.4. The number of aromatic nitrogens is 4. The number of fused-ring (bicyclic) bond motifs is 1. The molecule has 3 aromatic heterocycles. The Bertz CT molecular complexity index is 1980. The molecule has 1 saturated heterocycles. The lowest BCUT2D eigenvalue weighted by Gasteiger charge is -2.67. The van der Waals surface area contributed by atoms with Crippen LogP contribution in [0.4, 0.5) is 24.8 Å². The first-order valence-corrected chi connectivity index (χ1v) is 15.1. The van der Waals surface area contributed by atoms with Crippen molar-refractivity contribution in [2.24, 2.45) is 10.8 Å². The van der Waals surface area contributed by atoms with Crippen LogP contribution in [0.15, 0.2) is 48.9 Å². The Labute approximate surface area is 270 Å². The summed E-state index contributed by atoms with van der Waals surface area (Å²) in [7, 11) is 1.39. The number of alkyl halides is 3. The van der Waals surface area contributed by atoms with Crippen LogP contribution < -0.4 is 15.8 Å². The minimum atomic E-state index is -4.60. The molecule has 250 valence electrons. The number of nitrogens with two attached hydrogens (primary N) is 1. The summed E-state index contributed by atoms with van der Waals surface area (Å²) in [6, 6.07) is 5.77. The van der Waals surface area contributed by atoms with Crippen LogP contribution in [0.1, 0.15) is 54.0 Å². The fraction of sp³-hybridized carbons (Fsp3) is 0.375. The molecular weight excluding hydrogens is 635 g/mol. The molecule has 4 aliphatic rings. The van der Waals surface area contributed by atoms with Gasteiger partial charge < -0.3 is 30.5 Å². The van der Waals surface area contributed by atoms with Crippen LogP contribution in [0, 0.1) is 10.8 Å². The Morgan fingerprint density at radius 3 is 2.54 bits per heavy atom. The molecule has 48 heavy (non-hydrogen) atoms. The van der Waals surface area contributed by atoms with E-state index in [0.29, 0.717) is 41.9 Å². The third kappa shape index (κ3) is 4.89. The Morgan fingerprint density at radius 1 is 1.10 bits per heavy atom. The molecule has 2 amide bonds. The number of nitrogens with one attached hydrogen (secondary N) is 1. The predicted molar refractivity (Wildman–Crippen MR) is 163 cm³/mol. The number of carbonyl (C=O) groups is 3. The van der Waals surface area contributed by atoms with E-state index in [1.807, 2.05) is 6.92 Å². The van der Waals surface area contributed by atoms with E-state index in [-0.39, 0.29) is 48.0 Å². The van der Waals surface area contributed by atoms with E-state index in [0.717, 1.165) is 18.3 Å². The number of hydrogen-bond donors (Lipinski definition) is 3. The van der Waals surface area contributed by atoms with Gasteiger partial charge in [0, 0.05) is 29.7 Å². The molecular formula is C32H30F3N7O6. The number of imidazole rings is 1. The zero-order valence-corrected chi connectivity index (χ0v) is 25.7. The van der Waals surface area contributed by atoms with Crippen molar-refractivity contribution in [1.82, 2.24) is 24.3 Å². The van der Waals surface area contributed by atoms with Gasteiger partial charge in [0.1, 0.15) is 40.5 Å². The Morgan fingerprint density at radius 2 is 1.85 bits per heavy atom. The minimum absolute atomic E-state index is 0.0791. The number of pyridine rings is 1. The summed E-state index contributed by atoms with van der Waals surface area (Å²) in [5.41, 5.74) is 5.27. The first kappa shape index (κ1) is 31.4. The summed E-state index contributed by atoms with van der Waals surface area (Å²) in [5.74, 6) is -1.11. The van der Waals surface area contributed by atoms with Gasteiger partial charge in [0.25, 0.3) is 5.91 Å². The van der Waals surface area contributed by atoms with Crippen molar-refractivity contribution in [2.45, 2.75) is 44.5 Å². The summed E-state index contributed by atoms with van der Waals surface area (Å²) in [6.45, 7) is 2.30. The first-order valence-electron chi connectivity index (χ1n) is 15.1. The van der Waals surface area contributed by atoms with Gasteiger partial charge in [0.2, 0.25) is 5.91 Å². The fourth-order valence-corrected chi connectivity index (χ4v) is 7.14. The number of morpholine rings is 1. The number of ether oxygens (including phenoxy) is 2. The van der Waals surface area contributed by atoms with Crippen molar-refractivity contribution in [3.63, 3.8) is 0 Å². The van der Waals surface area contributed by atoms with Crippen LogP contribution in [0.25, 0.3) is 16.8 Å². The number of carboxylic acids is 1. The number of aliphatic carboxylic acids is 1. The van der Waals surface area contributed by atoms with Gasteiger partial charge in [-0.3, -0.25) is 18.8 Å². The third-order valence-electron chi connectivity index (χ3n) is 9.58. The van der Waals surface area contributed by atoms with Crippen molar-refractivity contribution in [1.29, 1.82) is 0 Å². The van der Waals surface area contributed by atoms with Crippen LogP contribution in [-0.4, -0.2) is 73.4 Å². The van der Waals surface area contributed by atoms with Crippen molar-refractivity contribution < 1.29 is 42.1 Å². The molecule has 1 aliphatic heterocycles. The molecule has 0 spiro atoms. The largest absolute Gasteiger partial charge is 0.496 e. The Balaban J connectivity index is 1.18. The second-order valence-corrected chi connectivity index (χ2v) is 12.7. The van der Waals surface area contributed by atoms with E-state index < -0.39 is 40.6 Å². The molecule has 4 aromatic rings. The first-order chi connectivity index (χ1) is 22.7. The van der Waals surface area contributed by atoms with Crippen molar-refractivity contribution >= 4 is 34.9 Å². The van der Waals surface area contributed by atoms with Crippen molar-refractivity contribution in [3.8, 4) is 17.0 Å². The summed E-state index contributed by atoms with van der Waals surface area (Å²) >= 11 is 0. The molecule has 3 saturated carbocycles. The van der Waals surface area contributed by atoms with Crippen molar-refractivity contribution in [3.05, 3.63) is 65.9 Å². The van der Waals surface area contributed by atoms with E-state index in [4.69, 9.17) is 20.2 Å². The number of anilines is 2. The molecule has 13 nitrogen and oxygen atoms in total. The molecule has 4 fully saturated rings. The molecule has 0 radical (unpaired) electrons. The second kappa shape index (κ2) is 10.9. The van der Waals surface area contributed by atoms with E-state index in [2.05, 4.69) is 15.3 Å². The summed E-state index contributed by atoms with van der Waals surface area (Å²) < 4.78 is 53.0. The molecule has 1 aromatic carbocycles. The zero-order chi connectivity index (χ0) is 34.2. The van der Waals surface area contributed by atoms with Gasteiger partial charge in [-0.05, 0) is 56.5 Å². The standard InChI is InChI=1S/C32H30F3N7O6/c1-16-12-48-21(11-42(16)28(44)30-13-31(14-30,15-30)29(45)46)26-40-23(24-25(36)38-7-8-41(24)26)19-4-3-17(9-20(19)47-2)27(43)39-22-10-18(5-6-37-22)32(33,34)35/h3-10,16,21H,11-15H2,1-2H3,(H2,36,38)(H,45,46)(H,37,39,43)/t16-,21+,30?,31?/m0/s1. The second-order valence-electron chi connectivity index (χ2n) is 12.7.